The third kappa shape index (κ3) is 1.02. The first-order valence-electron chi connectivity index (χ1n) is 2.46. The van der Waals surface area contributed by atoms with E-state index in [-0.39, 0.29) is 0 Å². The zero-order valence-electron chi connectivity index (χ0n) is 4.83. The monoisotopic (exact) mass is 139 g/mol. The fourth-order valence-electron chi connectivity index (χ4n) is 0.489. The molecule has 0 aromatic carbocycles. The maximum absolute atomic E-state index is 10.5. The molecule has 5 nitrogen and oxygen atoms in total. The van der Waals surface area contributed by atoms with Crippen molar-refractivity contribution in [1.82, 2.24) is 9.97 Å². The van der Waals surface area contributed by atoms with Crippen molar-refractivity contribution in [1.29, 1.82) is 0 Å². The van der Waals surface area contributed by atoms with Crippen molar-refractivity contribution < 1.29 is 9.90 Å². The third-order valence-corrected chi connectivity index (χ3v) is 0.938. The summed E-state index contributed by atoms with van der Waals surface area (Å²) in [6.07, 6.45) is 2.04. The topological polar surface area (TPSA) is 85.9 Å². The minimum absolute atomic E-state index is 0.456. The fraction of sp³-hybridized carbons (Fsp3) is 0. The largest absolute Gasteiger partial charge is 0.545 e. The number of aromatic amines is 1. The summed E-state index contributed by atoms with van der Waals surface area (Å²) >= 11 is 0. The molecule has 5 heteroatoms. The average Bonchev–Trinajstić information content (AvgIpc) is 1.88. The zero-order valence-corrected chi connectivity index (χ0v) is 4.83. The highest BCUT2D eigenvalue weighted by Gasteiger charge is 1.96. The second-order valence-electron chi connectivity index (χ2n) is 1.58. The van der Waals surface area contributed by atoms with Crippen LogP contribution in [0.4, 0.5) is 0 Å². The highest BCUT2D eigenvalue weighted by molar-refractivity contribution is 5.84. The number of carboxylic acids is 1. The summed E-state index contributed by atoms with van der Waals surface area (Å²) in [7, 11) is 0. The van der Waals surface area contributed by atoms with Crippen LogP contribution in [0.5, 0.6) is 0 Å². The van der Waals surface area contributed by atoms with E-state index < -0.39 is 17.1 Å². The van der Waals surface area contributed by atoms with E-state index in [2.05, 4.69) is 9.97 Å². The van der Waals surface area contributed by atoms with E-state index in [1.54, 1.807) is 0 Å². The molecule has 0 aliphatic heterocycles. The molecule has 0 radical (unpaired) electrons. The van der Waals surface area contributed by atoms with Crippen LogP contribution in [-0.2, 0) is 0 Å². The van der Waals surface area contributed by atoms with Gasteiger partial charge in [-0.05, 0) is 0 Å². The summed E-state index contributed by atoms with van der Waals surface area (Å²) in [5.74, 6) is -1.52. The van der Waals surface area contributed by atoms with Crippen LogP contribution in [-0.4, -0.2) is 15.9 Å². The van der Waals surface area contributed by atoms with Gasteiger partial charge >= 0.3 is 0 Å². The van der Waals surface area contributed by atoms with Gasteiger partial charge in [0.15, 0.2) is 0 Å². The molecular weight excluding hydrogens is 136 g/mol. The molecule has 0 saturated carbocycles. The average molecular weight is 139 g/mol. The second kappa shape index (κ2) is 2.30. The van der Waals surface area contributed by atoms with Crippen LogP contribution >= 0.6 is 0 Å². The maximum Gasteiger partial charge on any atom is 0.259 e. The summed E-state index contributed by atoms with van der Waals surface area (Å²) in [4.78, 5) is 26.1. The molecule has 0 fully saturated rings. The molecule has 10 heavy (non-hydrogen) atoms. The van der Waals surface area contributed by atoms with Crippen molar-refractivity contribution in [2.75, 3.05) is 0 Å². The molecule has 52 valence electrons. The van der Waals surface area contributed by atoms with Crippen LogP contribution in [0.1, 0.15) is 10.4 Å². The van der Waals surface area contributed by atoms with Gasteiger partial charge in [0.05, 0.1) is 17.9 Å². The van der Waals surface area contributed by atoms with Gasteiger partial charge < -0.3 is 14.9 Å². The molecule has 1 rings (SSSR count). The van der Waals surface area contributed by atoms with Gasteiger partial charge in [0.25, 0.3) is 5.56 Å². The van der Waals surface area contributed by atoms with Crippen LogP contribution < -0.4 is 10.7 Å². The number of nitrogens with zero attached hydrogens (tertiary/aromatic N) is 1. The van der Waals surface area contributed by atoms with Crippen LogP contribution in [0, 0.1) is 0 Å². The van der Waals surface area contributed by atoms with Crippen molar-refractivity contribution in [3.63, 3.8) is 0 Å². The van der Waals surface area contributed by atoms with E-state index in [4.69, 9.17) is 0 Å². The van der Waals surface area contributed by atoms with Gasteiger partial charge in [-0.1, -0.05) is 0 Å². The maximum atomic E-state index is 10.5. The summed E-state index contributed by atoms with van der Waals surface area (Å²) in [6, 6.07) is 0. The number of H-pyrrole nitrogens is 1. The lowest BCUT2D eigenvalue weighted by Gasteiger charge is -1.96. The zero-order chi connectivity index (χ0) is 7.56. The molecule has 0 aliphatic rings. The number of carboxylic acid groups (broad SMARTS) is 1. The Morgan fingerprint density at radius 2 is 2.40 bits per heavy atom. The van der Waals surface area contributed by atoms with Crippen molar-refractivity contribution >= 4 is 5.97 Å². The molecule has 1 aromatic rings. The molecule has 0 bridgehead atoms. The lowest BCUT2D eigenvalue weighted by Crippen LogP contribution is -2.29. The highest BCUT2D eigenvalue weighted by Crippen LogP contribution is 1.79. The number of aromatic carboxylic acids is 1. The van der Waals surface area contributed by atoms with E-state index in [0.29, 0.717) is 0 Å². The molecule has 0 spiro atoms. The van der Waals surface area contributed by atoms with Crippen molar-refractivity contribution in [3.8, 4) is 0 Å². The van der Waals surface area contributed by atoms with E-state index in [0.717, 1.165) is 12.5 Å². The highest BCUT2D eigenvalue weighted by atomic mass is 16.4. The number of aromatic nitrogens is 2. The Morgan fingerprint density at radius 3 is 2.80 bits per heavy atom. The molecular formula is C5H3N2O3-. The van der Waals surface area contributed by atoms with Gasteiger partial charge in [-0.2, -0.15) is 0 Å². The number of rotatable bonds is 1. The fourth-order valence-corrected chi connectivity index (χ4v) is 0.489. The molecule has 0 aliphatic carbocycles. The Hall–Kier alpha value is -1.65. The standard InChI is InChI=1S/C5H4N2O3/c8-4-3(5(9)10)1-6-2-7-4/h1-2H,(H,9,10)(H,6,7,8)/p-1. The summed E-state index contributed by atoms with van der Waals surface area (Å²) < 4.78 is 0. The Balaban J connectivity index is 3.29. The van der Waals surface area contributed by atoms with Gasteiger partial charge in [-0.15, -0.1) is 0 Å². The third-order valence-electron chi connectivity index (χ3n) is 0.938. The van der Waals surface area contributed by atoms with E-state index in [1.165, 1.54) is 0 Å². The van der Waals surface area contributed by atoms with E-state index >= 15 is 0 Å². The first-order valence-corrected chi connectivity index (χ1v) is 2.46. The molecule has 1 heterocycles. The van der Waals surface area contributed by atoms with E-state index in [9.17, 15) is 14.7 Å². The predicted molar refractivity (Wildman–Crippen MR) is 29.2 cm³/mol. The minimum Gasteiger partial charge on any atom is -0.545 e. The molecule has 0 atom stereocenters. The lowest BCUT2D eigenvalue weighted by molar-refractivity contribution is -0.255. The number of carbonyl (C=O) groups excluding carboxylic acids is 1. The van der Waals surface area contributed by atoms with Gasteiger partial charge in [0.1, 0.15) is 0 Å². The molecule has 0 unspecified atom stereocenters. The summed E-state index contributed by atoms with van der Waals surface area (Å²) in [5.41, 5.74) is -1.16. The summed E-state index contributed by atoms with van der Waals surface area (Å²) in [6.45, 7) is 0. The summed E-state index contributed by atoms with van der Waals surface area (Å²) in [5, 5.41) is 10.1. The number of hydrogen-bond donors (Lipinski definition) is 1. The Kier molecular flexibility index (Phi) is 1.49. The second-order valence-corrected chi connectivity index (χ2v) is 1.58. The number of hydrogen-bond acceptors (Lipinski definition) is 4. The van der Waals surface area contributed by atoms with Crippen molar-refractivity contribution in [2.24, 2.45) is 0 Å². The lowest BCUT2D eigenvalue weighted by atomic mass is 10.3. The quantitative estimate of drug-likeness (QED) is 0.494. The Labute approximate surface area is 55.4 Å². The Bertz CT molecular complexity index is 304. The first kappa shape index (κ1) is 6.47. The van der Waals surface area contributed by atoms with Gasteiger partial charge in [-0.3, -0.25) is 4.79 Å². The van der Waals surface area contributed by atoms with Crippen molar-refractivity contribution in [2.45, 2.75) is 0 Å². The minimum atomic E-state index is -1.52. The predicted octanol–water partition coefficient (Wildman–Crippen LogP) is -1.87. The van der Waals surface area contributed by atoms with Crippen LogP contribution in [0.2, 0.25) is 0 Å². The normalized spacial score (nSPS) is 9.20. The number of carbonyl (C=O) groups is 1. The smallest absolute Gasteiger partial charge is 0.259 e. The van der Waals surface area contributed by atoms with Crippen LogP contribution in [0.3, 0.4) is 0 Å². The molecule has 1 aromatic heterocycles. The van der Waals surface area contributed by atoms with E-state index in [1.807, 2.05) is 0 Å². The van der Waals surface area contributed by atoms with Gasteiger partial charge in [0, 0.05) is 6.20 Å². The van der Waals surface area contributed by atoms with Crippen molar-refractivity contribution in [3.05, 3.63) is 28.4 Å². The molecule has 0 saturated heterocycles. The SMILES string of the molecule is O=C([O-])c1cnc[nH]c1=O. The van der Waals surface area contributed by atoms with Crippen LogP contribution in [0.15, 0.2) is 17.3 Å². The van der Waals surface area contributed by atoms with Gasteiger partial charge in [0.2, 0.25) is 0 Å². The van der Waals surface area contributed by atoms with Crippen LogP contribution in [0.25, 0.3) is 0 Å². The molecule has 0 amide bonds. The molecule has 1 N–H and O–H groups in total. The van der Waals surface area contributed by atoms with Gasteiger partial charge in [-0.25, -0.2) is 4.98 Å². The first-order chi connectivity index (χ1) is 4.72. The number of nitrogens with one attached hydrogen (secondary N) is 1. The Morgan fingerprint density at radius 1 is 1.70 bits per heavy atom.